The Morgan fingerprint density at radius 1 is 0.800 bits per heavy atom. The fourth-order valence-corrected chi connectivity index (χ4v) is 6.80. The topological polar surface area (TPSA) is 21.3 Å². The molecule has 3 aliphatic rings. The van der Waals surface area contributed by atoms with Gasteiger partial charge in [0.25, 0.3) is 0 Å². The Balaban J connectivity index is 1.96. The number of nitrogens with one attached hydrogen (secondary N) is 1. The highest BCUT2D eigenvalue weighted by Crippen LogP contribution is 2.53. The van der Waals surface area contributed by atoms with Crippen molar-refractivity contribution < 1.29 is 4.74 Å². The van der Waals surface area contributed by atoms with Gasteiger partial charge in [0.2, 0.25) is 0 Å². The van der Waals surface area contributed by atoms with E-state index in [2.05, 4.69) is 46.9 Å². The fraction of sp³-hybridized carbons (Fsp3) is 1.00. The summed E-state index contributed by atoms with van der Waals surface area (Å²) in [4.78, 5) is 0. The van der Waals surface area contributed by atoms with Gasteiger partial charge in [-0.15, -0.1) is 0 Å². The standard InChI is InChI=1S/C23H43NO/c1-15(2)19-9-7-17(5)11-21(19)23(13-25-14-24-23)22-12-18(6)8-10-20(22)16(3)4/h15-22,24H,7-14H2,1-6H3. The molecule has 0 aromatic carbocycles. The Morgan fingerprint density at radius 3 is 1.64 bits per heavy atom. The van der Waals surface area contributed by atoms with Gasteiger partial charge in [0.05, 0.1) is 13.3 Å². The number of ether oxygens (including phenoxy) is 1. The summed E-state index contributed by atoms with van der Waals surface area (Å²) in [5, 5.41) is 4.00. The first kappa shape index (κ1) is 19.7. The van der Waals surface area contributed by atoms with Gasteiger partial charge < -0.3 is 4.74 Å². The average molecular weight is 350 g/mol. The minimum absolute atomic E-state index is 0.229. The molecule has 6 atom stereocenters. The van der Waals surface area contributed by atoms with Crippen LogP contribution in [0.4, 0.5) is 0 Å². The van der Waals surface area contributed by atoms with Crippen LogP contribution < -0.4 is 5.32 Å². The zero-order valence-corrected chi connectivity index (χ0v) is 17.7. The molecule has 0 bridgehead atoms. The van der Waals surface area contributed by atoms with E-state index in [-0.39, 0.29) is 5.54 Å². The molecule has 6 unspecified atom stereocenters. The van der Waals surface area contributed by atoms with Crippen LogP contribution in [0.1, 0.15) is 80.1 Å². The van der Waals surface area contributed by atoms with Crippen molar-refractivity contribution in [2.45, 2.75) is 85.6 Å². The minimum Gasteiger partial charge on any atom is -0.364 e. The molecule has 0 amide bonds. The van der Waals surface area contributed by atoms with E-state index in [0.29, 0.717) is 0 Å². The van der Waals surface area contributed by atoms with Crippen LogP contribution in [0.5, 0.6) is 0 Å². The van der Waals surface area contributed by atoms with E-state index in [9.17, 15) is 0 Å². The highest BCUT2D eigenvalue weighted by Gasteiger charge is 2.55. The average Bonchev–Trinajstić information content (AvgIpc) is 3.04. The molecule has 0 aromatic heterocycles. The smallest absolute Gasteiger partial charge is 0.0971 e. The molecule has 3 fully saturated rings. The lowest BCUT2D eigenvalue weighted by molar-refractivity contribution is -0.0306. The monoisotopic (exact) mass is 349 g/mol. The lowest BCUT2D eigenvalue weighted by atomic mass is 9.53. The first-order valence-corrected chi connectivity index (χ1v) is 11.2. The van der Waals surface area contributed by atoms with Crippen molar-refractivity contribution in [2.24, 2.45) is 47.3 Å². The van der Waals surface area contributed by atoms with E-state index in [1.54, 1.807) is 0 Å². The zero-order valence-electron chi connectivity index (χ0n) is 17.7. The van der Waals surface area contributed by atoms with Crippen LogP contribution in [0.2, 0.25) is 0 Å². The van der Waals surface area contributed by atoms with Crippen LogP contribution in [0, 0.1) is 47.3 Å². The molecule has 25 heavy (non-hydrogen) atoms. The molecule has 1 heterocycles. The molecule has 1 aliphatic heterocycles. The summed E-state index contributed by atoms with van der Waals surface area (Å²) in [6, 6.07) is 0. The van der Waals surface area contributed by atoms with Gasteiger partial charge in [-0.05, 0) is 73.0 Å². The van der Waals surface area contributed by atoms with Gasteiger partial charge in [0, 0.05) is 5.54 Å². The van der Waals surface area contributed by atoms with Gasteiger partial charge in [-0.2, -0.15) is 0 Å². The van der Waals surface area contributed by atoms with E-state index in [1.807, 2.05) is 0 Å². The molecule has 2 nitrogen and oxygen atoms in total. The van der Waals surface area contributed by atoms with Crippen molar-refractivity contribution in [3.63, 3.8) is 0 Å². The molecule has 1 saturated heterocycles. The second-order valence-corrected chi connectivity index (χ2v) is 10.6. The van der Waals surface area contributed by atoms with E-state index >= 15 is 0 Å². The second kappa shape index (κ2) is 7.89. The SMILES string of the molecule is CC1CCC(C(C)C)C(C2(C3CC(C)CCC3C(C)C)COCN2)C1. The predicted octanol–water partition coefficient (Wildman–Crippen LogP) is 5.72. The summed E-state index contributed by atoms with van der Waals surface area (Å²) in [6.45, 7) is 16.5. The van der Waals surface area contributed by atoms with Gasteiger partial charge in [-0.25, -0.2) is 0 Å². The maximum Gasteiger partial charge on any atom is 0.0971 e. The number of rotatable bonds is 4. The largest absolute Gasteiger partial charge is 0.364 e. The Bertz CT molecular complexity index is 392. The highest BCUT2D eigenvalue weighted by atomic mass is 16.5. The van der Waals surface area contributed by atoms with Crippen molar-refractivity contribution in [3.05, 3.63) is 0 Å². The van der Waals surface area contributed by atoms with E-state index in [4.69, 9.17) is 4.74 Å². The molecule has 1 N–H and O–H groups in total. The molecule has 146 valence electrons. The summed E-state index contributed by atoms with van der Waals surface area (Å²) in [7, 11) is 0. The Morgan fingerprint density at radius 2 is 1.28 bits per heavy atom. The quantitative estimate of drug-likeness (QED) is 0.701. The normalized spacial score (nSPS) is 46.1. The molecule has 3 rings (SSSR count). The third-order valence-electron chi connectivity index (χ3n) is 8.21. The number of hydrogen-bond acceptors (Lipinski definition) is 2. The van der Waals surface area contributed by atoms with Crippen LogP contribution >= 0.6 is 0 Å². The van der Waals surface area contributed by atoms with Gasteiger partial charge in [-0.3, -0.25) is 5.32 Å². The van der Waals surface area contributed by atoms with Crippen molar-refractivity contribution in [1.29, 1.82) is 0 Å². The van der Waals surface area contributed by atoms with Crippen LogP contribution in [0.15, 0.2) is 0 Å². The van der Waals surface area contributed by atoms with Crippen LogP contribution in [-0.4, -0.2) is 18.9 Å². The minimum atomic E-state index is 0.229. The molecule has 2 heteroatoms. The van der Waals surface area contributed by atoms with E-state index in [0.717, 1.165) is 60.7 Å². The Hall–Kier alpha value is -0.0800. The van der Waals surface area contributed by atoms with Crippen molar-refractivity contribution in [2.75, 3.05) is 13.3 Å². The van der Waals surface area contributed by atoms with Crippen molar-refractivity contribution in [1.82, 2.24) is 5.32 Å². The summed E-state index contributed by atoms with van der Waals surface area (Å²) < 4.78 is 6.08. The van der Waals surface area contributed by atoms with Gasteiger partial charge in [0.15, 0.2) is 0 Å². The van der Waals surface area contributed by atoms with Crippen LogP contribution in [0.3, 0.4) is 0 Å². The van der Waals surface area contributed by atoms with Gasteiger partial charge in [0.1, 0.15) is 0 Å². The first-order chi connectivity index (χ1) is 11.8. The molecular weight excluding hydrogens is 306 g/mol. The summed E-state index contributed by atoms with van der Waals surface area (Å²) in [6.07, 6.45) is 8.48. The zero-order chi connectivity index (χ0) is 18.2. The Kier molecular flexibility index (Phi) is 6.21. The molecule has 2 saturated carbocycles. The van der Waals surface area contributed by atoms with Crippen LogP contribution in [0.25, 0.3) is 0 Å². The molecular formula is C23H43NO. The fourth-order valence-electron chi connectivity index (χ4n) is 6.80. The lowest BCUT2D eigenvalue weighted by Gasteiger charge is -2.55. The first-order valence-electron chi connectivity index (χ1n) is 11.2. The molecule has 0 radical (unpaired) electrons. The summed E-state index contributed by atoms with van der Waals surface area (Å²) in [5.41, 5.74) is 0.229. The maximum atomic E-state index is 6.08. The third kappa shape index (κ3) is 3.81. The second-order valence-electron chi connectivity index (χ2n) is 10.6. The Labute approximate surface area is 156 Å². The number of hydrogen-bond donors (Lipinski definition) is 1. The highest BCUT2D eigenvalue weighted by molar-refractivity contribution is 5.08. The van der Waals surface area contributed by atoms with E-state index < -0.39 is 0 Å². The predicted molar refractivity (Wildman–Crippen MR) is 106 cm³/mol. The van der Waals surface area contributed by atoms with Crippen molar-refractivity contribution in [3.8, 4) is 0 Å². The van der Waals surface area contributed by atoms with Gasteiger partial charge in [-0.1, -0.05) is 54.4 Å². The molecule has 2 aliphatic carbocycles. The van der Waals surface area contributed by atoms with Crippen molar-refractivity contribution >= 4 is 0 Å². The lowest BCUT2D eigenvalue weighted by Crippen LogP contribution is -2.62. The van der Waals surface area contributed by atoms with Crippen LogP contribution in [-0.2, 0) is 4.74 Å². The summed E-state index contributed by atoms with van der Waals surface area (Å²) >= 11 is 0. The summed E-state index contributed by atoms with van der Waals surface area (Å²) in [5.74, 6) is 6.61. The molecule has 0 spiro atoms. The maximum absolute atomic E-state index is 6.08. The van der Waals surface area contributed by atoms with E-state index in [1.165, 1.54) is 38.5 Å². The van der Waals surface area contributed by atoms with Gasteiger partial charge >= 0.3 is 0 Å². The molecule has 0 aromatic rings. The third-order valence-corrected chi connectivity index (χ3v) is 8.21.